The molecule has 2 rings (SSSR count). The van der Waals surface area contributed by atoms with Crippen molar-refractivity contribution in [2.75, 3.05) is 18.4 Å². The number of aromatic nitrogens is 2. The number of aliphatic carboxylic acids is 1. The third kappa shape index (κ3) is 2.39. The summed E-state index contributed by atoms with van der Waals surface area (Å²) in [5.74, 6) is -0.666. The number of carbonyl (C=O) groups excluding carboxylic acids is 1. The Morgan fingerprint density at radius 1 is 1.44 bits per heavy atom. The van der Waals surface area contributed by atoms with E-state index in [0.29, 0.717) is 13.0 Å². The highest BCUT2D eigenvalue weighted by Gasteiger charge is 2.42. The number of hydrogen-bond acceptors (Lipinski definition) is 4. The van der Waals surface area contributed by atoms with E-state index in [9.17, 15) is 9.59 Å². The Morgan fingerprint density at radius 3 is 2.67 bits per heavy atom. The van der Waals surface area contributed by atoms with Gasteiger partial charge >= 0.3 is 12.0 Å². The van der Waals surface area contributed by atoms with Crippen molar-refractivity contribution in [1.82, 2.24) is 14.9 Å². The van der Waals surface area contributed by atoms with Crippen molar-refractivity contribution in [3.63, 3.8) is 0 Å². The van der Waals surface area contributed by atoms with Crippen LogP contribution in [0, 0.1) is 5.41 Å². The largest absolute Gasteiger partial charge is 0.481 e. The number of carbonyl (C=O) groups is 2. The molecule has 1 aliphatic heterocycles. The molecular formula is C11H14N4O3. The summed E-state index contributed by atoms with van der Waals surface area (Å²) in [6.07, 6.45) is 3.49. The molecule has 18 heavy (non-hydrogen) atoms. The molecule has 1 aromatic heterocycles. The molecule has 1 aliphatic rings. The van der Waals surface area contributed by atoms with Crippen LogP contribution in [0.15, 0.2) is 18.5 Å². The van der Waals surface area contributed by atoms with Crippen LogP contribution in [0.4, 0.5) is 10.7 Å². The van der Waals surface area contributed by atoms with Gasteiger partial charge in [0, 0.05) is 25.5 Å². The Bertz CT molecular complexity index is 465. The number of likely N-dealkylation sites (tertiary alicyclic amines) is 1. The van der Waals surface area contributed by atoms with Crippen molar-refractivity contribution in [2.24, 2.45) is 5.41 Å². The average molecular weight is 250 g/mol. The minimum absolute atomic E-state index is 0.195. The summed E-state index contributed by atoms with van der Waals surface area (Å²) in [6, 6.07) is 1.28. The Labute approximate surface area is 104 Å². The molecular weight excluding hydrogens is 236 g/mol. The Kier molecular flexibility index (Phi) is 3.14. The highest BCUT2D eigenvalue weighted by atomic mass is 16.4. The number of urea groups is 1. The van der Waals surface area contributed by atoms with Gasteiger partial charge in [-0.15, -0.1) is 0 Å². The number of carboxylic acids is 1. The quantitative estimate of drug-likeness (QED) is 0.809. The predicted molar refractivity (Wildman–Crippen MR) is 63.0 cm³/mol. The molecule has 0 bridgehead atoms. The molecule has 7 heteroatoms. The molecule has 0 spiro atoms. The first kappa shape index (κ1) is 12.3. The average Bonchev–Trinajstić information content (AvgIpc) is 2.75. The fraction of sp³-hybridized carbons (Fsp3) is 0.455. The molecule has 1 unspecified atom stereocenters. The molecule has 96 valence electrons. The number of hydrogen-bond donors (Lipinski definition) is 2. The van der Waals surface area contributed by atoms with Crippen molar-refractivity contribution < 1.29 is 14.7 Å². The molecule has 0 aliphatic carbocycles. The SMILES string of the molecule is CC1(C(=O)O)CCN(C(=O)Nc2ncccn2)C1. The van der Waals surface area contributed by atoms with Crippen molar-refractivity contribution in [3.8, 4) is 0 Å². The lowest BCUT2D eigenvalue weighted by atomic mass is 9.90. The summed E-state index contributed by atoms with van der Waals surface area (Å²) in [5.41, 5.74) is -0.866. The highest BCUT2D eigenvalue weighted by molar-refractivity contribution is 5.88. The zero-order chi connectivity index (χ0) is 13.2. The smallest absolute Gasteiger partial charge is 0.324 e. The van der Waals surface area contributed by atoms with Gasteiger partial charge in [0.15, 0.2) is 0 Å². The van der Waals surface area contributed by atoms with Crippen LogP contribution in [0.2, 0.25) is 0 Å². The fourth-order valence-corrected chi connectivity index (χ4v) is 1.85. The van der Waals surface area contributed by atoms with Crippen LogP contribution < -0.4 is 5.32 Å². The first-order valence-electron chi connectivity index (χ1n) is 5.58. The molecule has 0 saturated carbocycles. The van der Waals surface area contributed by atoms with Gasteiger partial charge in [0.25, 0.3) is 0 Å². The van der Waals surface area contributed by atoms with E-state index < -0.39 is 11.4 Å². The molecule has 1 saturated heterocycles. The molecule has 0 aromatic carbocycles. The van der Waals surface area contributed by atoms with Gasteiger partial charge in [-0.05, 0) is 19.4 Å². The highest BCUT2D eigenvalue weighted by Crippen LogP contribution is 2.30. The molecule has 1 fully saturated rings. The van der Waals surface area contributed by atoms with Crippen LogP contribution in [0.25, 0.3) is 0 Å². The van der Waals surface area contributed by atoms with E-state index in [1.54, 1.807) is 13.0 Å². The summed E-state index contributed by atoms with van der Waals surface area (Å²) >= 11 is 0. The number of amides is 2. The van der Waals surface area contributed by atoms with Crippen molar-refractivity contribution in [2.45, 2.75) is 13.3 Å². The van der Waals surface area contributed by atoms with Crippen LogP contribution in [-0.4, -0.2) is 45.1 Å². The summed E-state index contributed by atoms with van der Waals surface area (Å²) in [7, 11) is 0. The normalized spacial score (nSPS) is 22.8. The monoisotopic (exact) mass is 250 g/mol. The molecule has 2 amide bonds. The van der Waals surface area contributed by atoms with Gasteiger partial charge in [0.2, 0.25) is 5.95 Å². The van der Waals surface area contributed by atoms with E-state index in [4.69, 9.17) is 5.11 Å². The van der Waals surface area contributed by atoms with Gasteiger partial charge in [0.05, 0.1) is 5.41 Å². The number of anilines is 1. The van der Waals surface area contributed by atoms with Crippen LogP contribution in [0.1, 0.15) is 13.3 Å². The summed E-state index contributed by atoms with van der Waals surface area (Å²) < 4.78 is 0. The van der Waals surface area contributed by atoms with Crippen molar-refractivity contribution >= 4 is 17.9 Å². The summed E-state index contributed by atoms with van der Waals surface area (Å²) in [6.45, 7) is 2.25. The maximum absolute atomic E-state index is 11.9. The van der Waals surface area contributed by atoms with Crippen molar-refractivity contribution in [1.29, 1.82) is 0 Å². The van der Waals surface area contributed by atoms with Gasteiger partial charge in [-0.25, -0.2) is 14.8 Å². The van der Waals surface area contributed by atoms with Gasteiger partial charge in [0.1, 0.15) is 0 Å². The summed E-state index contributed by atoms with van der Waals surface area (Å²) in [5, 5.41) is 11.6. The topological polar surface area (TPSA) is 95.4 Å². The first-order valence-corrected chi connectivity index (χ1v) is 5.58. The van der Waals surface area contributed by atoms with Crippen LogP contribution >= 0.6 is 0 Å². The lowest BCUT2D eigenvalue weighted by Crippen LogP contribution is -2.37. The second-order valence-corrected chi connectivity index (χ2v) is 4.54. The van der Waals surface area contributed by atoms with Gasteiger partial charge < -0.3 is 10.0 Å². The summed E-state index contributed by atoms with van der Waals surface area (Å²) in [4.78, 5) is 32.1. The Balaban J connectivity index is 1.98. The van der Waals surface area contributed by atoms with E-state index in [-0.39, 0.29) is 18.5 Å². The van der Waals surface area contributed by atoms with Gasteiger partial charge in [-0.3, -0.25) is 10.1 Å². The zero-order valence-corrected chi connectivity index (χ0v) is 9.96. The first-order chi connectivity index (χ1) is 8.51. The molecule has 1 aromatic rings. The maximum atomic E-state index is 11.9. The molecule has 7 nitrogen and oxygen atoms in total. The lowest BCUT2D eigenvalue weighted by Gasteiger charge is -2.20. The predicted octanol–water partition coefficient (Wildman–Crippen LogP) is 0.805. The van der Waals surface area contributed by atoms with E-state index in [2.05, 4.69) is 15.3 Å². The zero-order valence-electron chi connectivity index (χ0n) is 9.96. The molecule has 2 N–H and O–H groups in total. The molecule has 0 radical (unpaired) electrons. The van der Waals surface area contributed by atoms with E-state index >= 15 is 0 Å². The second kappa shape index (κ2) is 4.59. The van der Waals surface area contributed by atoms with Gasteiger partial charge in [-0.1, -0.05) is 0 Å². The Hall–Kier alpha value is -2.18. The van der Waals surface area contributed by atoms with Crippen molar-refractivity contribution in [3.05, 3.63) is 18.5 Å². The standard InChI is InChI=1S/C11H14N4O3/c1-11(8(16)17)3-6-15(7-11)10(18)14-9-12-4-2-5-13-9/h2,4-5H,3,6-7H2,1H3,(H,16,17)(H,12,13,14,18). The number of nitrogens with one attached hydrogen (secondary N) is 1. The minimum atomic E-state index is -0.881. The third-order valence-electron chi connectivity index (χ3n) is 3.06. The molecule has 2 heterocycles. The fourth-order valence-electron chi connectivity index (χ4n) is 1.85. The number of nitrogens with zero attached hydrogens (tertiary/aromatic N) is 3. The Morgan fingerprint density at radius 2 is 2.11 bits per heavy atom. The molecule has 1 atom stereocenters. The van der Waals surface area contributed by atoms with Gasteiger partial charge in [-0.2, -0.15) is 0 Å². The van der Waals surface area contributed by atoms with Crippen LogP contribution in [0.3, 0.4) is 0 Å². The number of rotatable bonds is 2. The van der Waals surface area contributed by atoms with Crippen LogP contribution in [0.5, 0.6) is 0 Å². The second-order valence-electron chi connectivity index (χ2n) is 4.54. The lowest BCUT2D eigenvalue weighted by molar-refractivity contribution is -0.146. The van der Waals surface area contributed by atoms with Crippen LogP contribution in [-0.2, 0) is 4.79 Å². The number of carboxylic acid groups (broad SMARTS) is 1. The maximum Gasteiger partial charge on any atom is 0.324 e. The van der Waals surface area contributed by atoms with E-state index in [1.165, 1.54) is 17.3 Å². The third-order valence-corrected chi connectivity index (χ3v) is 3.06. The van der Waals surface area contributed by atoms with E-state index in [1.807, 2.05) is 0 Å². The minimum Gasteiger partial charge on any atom is -0.481 e. The van der Waals surface area contributed by atoms with E-state index in [0.717, 1.165) is 0 Å².